The Labute approximate surface area is 127 Å². The van der Waals surface area contributed by atoms with Gasteiger partial charge in [0.2, 0.25) is 0 Å². The minimum absolute atomic E-state index is 0.0768. The van der Waals surface area contributed by atoms with Crippen LogP contribution in [0.4, 0.5) is 23.4 Å². The second-order valence-corrected chi connectivity index (χ2v) is 5.19. The van der Waals surface area contributed by atoms with E-state index in [0.29, 0.717) is 10.2 Å². The molecule has 1 aliphatic rings. The third-order valence-corrected chi connectivity index (χ3v) is 3.67. The number of carbonyl (C=O) groups is 1. The van der Waals surface area contributed by atoms with E-state index in [0.717, 1.165) is 18.2 Å². The molecule has 0 saturated carbocycles. The van der Waals surface area contributed by atoms with Crippen LogP contribution in [0.25, 0.3) is 0 Å². The summed E-state index contributed by atoms with van der Waals surface area (Å²) in [5.41, 5.74) is -0.121. The summed E-state index contributed by atoms with van der Waals surface area (Å²) in [5.74, 6) is -2.23. The fraction of sp³-hybridized carbons (Fsp3) is 0.286. The Kier molecular flexibility index (Phi) is 3.50. The molecule has 0 spiro atoms. The number of carboxylic acid groups (broad SMARTS) is 1. The van der Waals surface area contributed by atoms with Crippen molar-refractivity contribution in [1.82, 2.24) is 9.78 Å². The predicted molar refractivity (Wildman–Crippen MR) is 69.0 cm³/mol. The summed E-state index contributed by atoms with van der Waals surface area (Å²) in [6.07, 6.45) is -5.00. The van der Waals surface area contributed by atoms with Crippen LogP contribution < -0.4 is 10.4 Å². The van der Waals surface area contributed by atoms with Gasteiger partial charge >= 0.3 is 6.18 Å². The van der Waals surface area contributed by atoms with Crippen LogP contribution in [0.1, 0.15) is 34.6 Å². The number of rotatable bonds is 2. The number of carboxylic acids is 1. The van der Waals surface area contributed by atoms with Gasteiger partial charge in [0.05, 0.1) is 12.0 Å². The average molecular weight is 328 g/mol. The highest BCUT2D eigenvalue weighted by atomic mass is 19.4. The second-order valence-electron chi connectivity index (χ2n) is 5.19. The number of nitrogens with zero attached hydrogens (tertiary/aromatic N) is 2. The van der Waals surface area contributed by atoms with Crippen molar-refractivity contribution in [3.8, 4) is 0 Å². The highest BCUT2D eigenvalue weighted by molar-refractivity contribution is 5.84. The van der Waals surface area contributed by atoms with Gasteiger partial charge in [0.25, 0.3) is 0 Å². The van der Waals surface area contributed by atoms with Gasteiger partial charge in [-0.15, -0.1) is 0 Å². The smallest absolute Gasteiger partial charge is 0.410 e. The molecular weight excluding hydrogens is 318 g/mol. The Hall–Kier alpha value is -2.58. The number of hydrogen-bond acceptors (Lipinski definition) is 4. The molecule has 0 amide bonds. The topological polar surface area (TPSA) is 70.0 Å². The van der Waals surface area contributed by atoms with Gasteiger partial charge in [-0.1, -0.05) is 12.1 Å². The van der Waals surface area contributed by atoms with Crippen molar-refractivity contribution in [2.75, 3.05) is 5.32 Å². The number of alkyl halides is 3. The van der Waals surface area contributed by atoms with Gasteiger partial charge in [-0.05, 0) is 17.7 Å². The van der Waals surface area contributed by atoms with E-state index in [-0.39, 0.29) is 5.82 Å². The average Bonchev–Trinajstić information content (AvgIpc) is 2.90. The minimum atomic E-state index is -4.61. The number of carbonyl (C=O) groups excluding carboxylic acids is 1. The van der Waals surface area contributed by atoms with E-state index in [9.17, 15) is 27.5 Å². The van der Waals surface area contributed by atoms with Gasteiger partial charge in [-0.3, -0.25) is 0 Å². The van der Waals surface area contributed by atoms with Crippen LogP contribution in [-0.4, -0.2) is 21.9 Å². The van der Waals surface area contributed by atoms with E-state index in [4.69, 9.17) is 0 Å². The van der Waals surface area contributed by atoms with E-state index in [1.54, 1.807) is 0 Å². The van der Waals surface area contributed by atoms with Crippen LogP contribution in [0.3, 0.4) is 0 Å². The minimum Gasteiger partial charge on any atom is -0.543 e. The zero-order chi connectivity index (χ0) is 16.8. The largest absolute Gasteiger partial charge is 0.543 e. The highest BCUT2D eigenvalue weighted by Gasteiger charge is 2.46. The Balaban J connectivity index is 2.01. The maximum atomic E-state index is 13.3. The lowest BCUT2D eigenvalue weighted by atomic mass is 9.97. The third kappa shape index (κ3) is 2.86. The molecule has 1 N–H and O–H groups in total. The molecule has 2 heterocycles. The van der Waals surface area contributed by atoms with Crippen molar-refractivity contribution in [2.24, 2.45) is 0 Å². The van der Waals surface area contributed by atoms with Crippen LogP contribution in [0.5, 0.6) is 0 Å². The molecule has 9 heteroatoms. The first-order valence-corrected chi connectivity index (χ1v) is 6.65. The van der Waals surface area contributed by atoms with E-state index < -0.39 is 42.2 Å². The van der Waals surface area contributed by atoms with E-state index in [1.807, 2.05) is 0 Å². The SMILES string of the molecule is O=C([O-])c1cc2n(n1)[C@H](C(F)(F)F)C[C@@H](c1ccc(F)cc1)N2. The maximum Gasteiger partial charge on any atom is 0.410 e. The Morgan fingerprint density at radius 2 is 1.96 bits per heavy atom. The van der Waals surface area contributed by atoms with Gasteiger partial charge in [-0.2, -0.15) is 18.3 Å². The van der Waals surface area contributed by atoms with Gasteiger partial charge < -0.3 is 15.2 Å². The first-order chi connectivity index (χ1) is 10.8. The Bertz CT molecular complexity index is 739. The summed E-state index contributed by atoms with van der Waals surface area (Å²) in [6.45, 7) is 0. The van der Waals surface area contributed by atoms with Crippen molar-refractivity contribution in [2.45, 2.75) is 24.7 Å². The number of aromatic nitrogens is 2. The molecule has 1 aromatic carbocycles. The second kappa shape index (κ2) is 5.25. The number of benzene rings is 1. The van der Waals surface area contributed by atoms with Crippen molar-refractivity contribution < 1.29 is 27.5 Å². The molecule has 0 fully saturated rings. The fourth-order valence-corrected chi connectivity index (χ4v) is 2.59. The van der Waals surface area contributed by atoms with Gasteiger partial charge in [0.15, 0.2) is 6.04 Å². The van der Waals surface area contributed by atoms with E-state index >= 15 is 0 Å². The maximum absolute atomic E-state index is 13.3. The molecule has 1 aromatic heterocycles. The lowest BCUT2D eigenvalue weighted by Gasteiger charge is -2.33. The number of anilines is 1. The lowest BCUT2D eigenvalue weighted by molar-refractivity contribution is -0.255. The zero-order valence-corrected chi connectivity index (χ0v) is 11.5. The molecule has 0 bridgehead atoms. The highest BCUT2D eigenvalue weighted by Crippen LogP contribution is 2.43. The predicted octanol–water partition coefficient (Wildman–Crippen LogP) is 2.05. The molecule has 5 nitrogen and oxygen atoms in total. The number of hydrogen-bond donors (Lipinski definition) is 1. The van der Waals surface area contributed by atoms with Crippen LogP contribution in [0.2, 0.25) is 0 Å². The number of fused-ring (bicyclic) bond motifs is 1. The number of halogens is 4. The number of nitrogens with one attached hydrogen (secondary N) is 1. The molecule has 0 saturated heterocycles. The summed E-state index contributed by atoms with van der Waals surface area (Å²) >= 11 is 0. The molecule has 23 heavy (non-hydrogen) atoms. The molecule has 0 aliphatic carbocycles. The summed E-state index contributed by atoms with van der Waals surface area (Å²) in [6, 6.07) is 3.32. The molecule has 1 aliphatic heterocycles. The van der Waals surface area contributed by atoms with Crippen molar-refractivity contribution in [3.63, 3.8) is 0 Å². The van der Waals surface area contributed by atoms with Crippen LogP contribution in [0, 0.1) is 5.82 Å². The van der Waals surface area contributed by atoms with Crippen molar-refractivity contribution in [1.29, 1.82) is 0 Å². The van der Waals surface area contributed by atoms with Crippen LogP contribution in [-0.2, 0) is 0 Å². The number of aromatic carboxylic acids is 1. The molecule has 0 unspecified atom stereocenters. The quantitative estimate of drug-likeness (QED) is 0.857. The van der Waals surface area contributed by atoms with E-state index in [1.165, 1.54) is 12.1 Å². The van der Waals surface area contributed by atoms with Crippen LogP contribution in [0.15, 0.2) is 30.3 Å². The van der Waals surface area contributed by atoms with Gasteiger partial charge in [0, 0.05) is 12.5 Å². The third-order valence-electron chi connectivity index (χ3n) is 3.67. The monoisotopic (exact) mass is 328 g/mol. The van der Waals surface area contributed by atoms with Crippen molar-refractivity contribution in [3.05, 3.63) is 47.4 Å². The summed E-state index contributed by atoms with van der Waals surface area (Å²) in [4.78, 5) is 10.8. The van der Waals surface area contributed by atoms with Gasteiger partial charge in [-0.25, -0.2) is 9.07 Å². The summed E-state index contributed by atoms with van der Waals surface area (Å²) in [5, 5.41) is 17.1. The fourth-order valence-electron chi connectivity index (χ4n) is 2.59. The van der Waals surface area contributed by atoms with Crippen molar-refractivity contribution >= 4 is 11.8 Å². The Morgan fingerprint density at radius 3 is 2.52 bits per heavy atom. The molecular formula is C14H10F4N3O2-. The molecule has 2 aromatic rings. The van der Waals surface area contributed by atoms with Gasteiger partial charge in [0.1, 0.15) is 17.3 Å². The lowest BCUT2D eigenvalue weighted by Crippen LogP contribution is -2.35. The summed E-state index contributed by atoms with van der Waals surface area (Å²) < 4.78 is 53.4. The van der Waals surface area contributed by atoms with E-state index in [2.05, 4.69) is 10.4 Å². The summed E-state index contributed by atoms with van der Waals surface area (Å²) in [7, 11) is 0. The first kappa shape index (κ1) is 15.3. The molecule has 122 valence electrons. The molecule has 3 rings (SSSR count). The van der Waals surface area contributed by atoms with Crippen LogP contribution >= 0.6 is 0 Å². The zero-order valence-electron chi connectivity index (χ0n) is 11.5. The molecule has 0 radical (unpaired) electrons. The normalized spacial score (nSPS) is 20.7. The standard InChI is InChI=1S/C14H11F4N3O2/c15-8-3-1-7(2-4-8)9-5-11(14(16,17)18)21-12(19-9)6-10(20-21)13(22)23/h1-4,6,9,11,19H,5H2,(H,22,23)/p-1/t9-,11-/m0/s1. The first-order valence-electron chi connectivity index (χ1n) is 6.65. The Morgan fingerprint density at radius 1 is 1.30 bits per heavy atom. The molecule has 2 atom stereocenters.